The second-order valence-electron chi connectivity index (χ2n) is 10.2. The average molecular weight is 494 g/mol. The van der Waals surface area contributed by atoms with Gasteiger partial charge in [0, 0.05) is 39.6 Å². The van der Waals surface area contributed by atoms with Gasteiger partial charge in [0.05, 0.1) is 28.2 Å². The van der Waals surface area contributed by atoms with Crippen molar-refractivity contribution >= 4 is 66.2 Å². The van der Waals surface area contributed by atoms with Crippen molar-refractivity contribution < 1.29 is 9.59 Å². The Bertz CT molecular complexity index is 2160. The van der Waals surface area contributed by atoms with Gasteiger partial charge in [-0.15, -0.1) is 0 Å². The number of aromatic nitrogens is 2. The zero-order valence-corrected chi connectivity index (χ0v) is 20.9. The number of carbonyl (C=O) groups excluding carboxylic acids is 2. The van der Waals surface area contributed by atoms with E-state index in [2.05, 4.69) is 71.1 Å². The van der Waals surface area contributed by atoms with Crippen LogP contribution in [0, 0.1) is 0 Å². The summed E-state index contributed by atoms with van der Waals surface area (Å²) in [4.78, 5) is 32.1. The topological polar surface area (TPSA) is 58.1 Å². The molecule has 1 N–H and O–H groups in total. The molecule has 5 nitrogen and oxygen atoms in total. The second kappa shape index (κ2) is 7.33. The summed E-state index contributed by atoms with van der Waals surface area (Å²) in [7, 11) is 1.58. The highest BCUT2D eigenvalue weighted by molar-refractivity contribution is 6.39. The summed E-state index contributed by atoms with van der Waals surface area (Å²) in [5, 5.41) is 5.98. The number of nitrogens with one attached hydrogen (secondary N) is 1. The fourth-order valence-corrected chi connectivity index (χ4v) is 6.60. The molecule has 2 aromatic heterocycles. The van der Waals surface area contributed by atoms with Gasteiger partial charge < -0.3 is 9.55 Å². The first kappa shape index (κ1) is 21.2. The molecule has 1 aliphatic rings. The third kappa shape index (κ3) is 2.50. The normalized spacial score (nSPS) is 14.5. The second-order valence-corrected chi connectivity index (χ2v) is 10.2. The van der Waals surface area contributed by atoms with Gasteiger partial charge in [-0.05, 0) is 35.4 Å². The van der Waals surface area contributed by atoms with Crippen LogP contribution in [0.5, 0.6) is 0 Å². The van der Waals surface area contributed by atoms with Gasteiger partial charge in [0.15, 0.2) is 0 Å². The van der Waals surface area contributed by atoms with Crippen LogP contribution in [0.15, 0.2) is 91.0 Å². The smallest absolute Gasteiger partial charge is 0.262 e. The Morgan fingerprint density at radius 1 is 0.684 bits per heavy atom. The van der Waals surface area contributed by atoms with Crippen LogP contribution in [0.2, 0.25) is 0 Å². The molecule has 5 aromatic carbocycles. The summed E-state index contributed by atoms with van der Waals surface area (Å²) < 4.78 is 2.35. The predicted octanol–water partition coefficient (Wildman–Crippen LogP) is 7.42. The molecule has 1 unspecified atom stereocenters. The first-order chi connectivity index (χ1) is 18.6. The fraction of sp³-hybridized carbons (Fsp3) is 0.0909. The molecule has 0 aliphatic carbocycles. The van der Waals surface area contributed by atoms with E-state index in [4.69, 9.17) is 0 Å². The number of rotatable bonds is 2. The zero-order chi connectivity index (χ0) is 25.7. The van der Waals surface area contributed by atoms with Crippen LogP contribution >= 0.6 is 0 Å². The summed E-state index contributed by atoms with van der Waals surface area (Å²) in [6.07, 6.45) is 0. The molecule has 0 radical (unpaired) electrons. The van der Waals surface area contributed by atoms with Gasteiger partial charge >= 0.3 is 0 Å². The first-order valence-corrected chi connectivity index (χ1v) is 12.9. The maximum absolute atomic E-state index is 13.7. The van der Waals surface area contributed by atoms with Crippen LogP contribution in [0.4, 0.5) is 0 Å². The Kier molecular flexibility index (Phi) is 4.09. The van der Waals surface area contributed by atoms with Crippen molar-refractivity contribution in [3.63, 3.8) is 0 Å². The number of fused-ring (bicyclic) bond motifs is 11. The van der Waals surface area contributed by atoms with E-state index in [1.807, 2.05) is 36.4 Å². The summed E-state index contributed by atoms with van der Waals surface area (Å²) >= 11 is 0. The lowest BCUT2D eigenvalue weighted by atomic mass is 9.96. The third-order valence-corrected chi connectivity index (χ3v) is 8.30. The number of aromatic amines is 1. The molecule has 2 amide bonds. The van der Waals surface area contributed by atoms with Crippen LogP contribution < -0.4 is 0 Å². The number of para-hydroxylation sites is 2. The molecule has 5 heteroatoms. The molecule has 182 valence electrons. The standard InChI is InChI=1S/C33H23N3O2/c1-18(20-15-9-11-19-10-3-4-12-21(19)20)36-25-17-8-6-14-23(25)27-29-28(32(37)35(2)33(29)38)26-22-13-5-7-16-24(22)34-30(26)31(27)36/h3-18,34H,1-2H3. The Morgan fingerprint density at radius 2 is 1.32 bits per heavy atom. The quantitative estimate of drug-likeness (QED) is 0.255. The number of hydrogen-bond donors (Lipinski definition) is 1. The molecule has 8 rings (SSSR count). The van der Waals surface area contributed by atoms with E-state index >= 15 is 0 Å². The Hall–Kier alpha value is -4.90. The van der Waals surface area contributed by atoms with E-state index in [9.17, 15) is 9.59 Å². The molecule has 0 bridgehead atoms. The molecule has 0 spiro atoms. The van der Waals surface area contributed by atoms with Crippen LogP contribution in [0.1, 0.15) is 39.2 Å². The highest BCUT2D eigenvalue weighted by atomic mass is 16.2. The van der Waals surface area contributed by atoms with Crippen molar-refractivity contribution in [2.45, 2.75) is 13.0 Å². The van der Waals surface area contributed by atoms with Crippen LogP contribution in [0.3, 0.4) is 0 Å². The number of nitrogens with zero attached hydrogens (tertiary/aromatic N) is 2. The van der Waals surface area contributed by atoms with Crippen molar-refractivity contribution in [3.05, 3.63) is 108 Å². The van der Waals surface area contributed by atoms with Crippen molar-refractivity contribution in [1.82, 2.24) is 14.5 Å². The SMILES string of the molecule is CC(c1cccc2ccccc12)n1c2ccccc2c2c3c(c4c5ccccc5[nH]c4c21)C(=O)N(C)C3=O. The van der Waals surface area contributed by atoms with Gasteiger partial charge in [-0.2, -0.15) is 0 Å². The van der Waals surface area contributed by atoms with Gasteiger partial charge in [0.25, 0.3) is 11.8 Å². The highest BCUT2D eigenvalue weighted by Crippen LogP contribution is 2.46. The zero-order valence-electron chi connectivity index (χ0n) is 20.9. The lowest BCUT2D eigenvalue weighted by Gasteiger charge is -2.20. The van der Waals surface area contributed by atoms with E-state index in [0.717, 1.165) is 43.6 Å². The molecule has 1 atom stereocenters. The maximum atomic E-state index is 13.7. The van der Waals surface area contributed by atoms with Crippen molar-refractivity contribution in [1.29, 1.82) is 0 Å². The van der Waals surface area contributed by atoms with E-state index in [-0.39, 0.29) is 17.9 Å². The van der Waals surface area contributed by atoms with E-state index < -0.39 is 0 Å². The minimum atomic E-state index is -0.249. The van der Waals surface area contributed by atoms with Gasteiger partial charge in [0.1, 0.15) is 0 Å². The maximum Gasteiger partial charge on any atom is 0.262 e. The molecule has 1 aliphatic heterocycles. The Labute approximate surface area is 217 Å². The summed E-state index contributed by atoms with van der Waals surface area (Å²) in [6.45, 7) is 2.22. The minimum Gasteiger partial charge on any atom is -0.353 e. The fourth-order valence-electron chi connectivity index (χ4n) is 6.60. The van der Waals surface area contributed by atoms with Gasteiger partial charge in [-0.3, -0.25) is 14.5 Å². The van der Waals surface area contributed by atoms with Gasteiger partial charge in [-0.1, -0.05) is 78.9 Å². The third-order valence-electron chi connectivity index (χ3n) is 8.30. The van der Waals surface area contributed by atoms with Crippen LogP contribution in [-0.2, 0) is 0 Å². The average Bonchev–Trinajstić information content (AvgIpc) is 3.57. The molecular weight excluding hydrogens is 470 g/mol. The lowest BCUT2D eigenvalue weighted by Crippen LogP contribution is -2.24. The van der Waals surface area contributed by atoms with Crippen molar-refractivity contribution in [2.75, 3.05) is 7.05 Å². The number of carbonyl (C=O) groups is 2. The Morgan fingerprint density at radius 3 is 2.13 bits per heavy atom. The number of benzene rings is 5. The molecular formula is C33H23N3O2. The van der Waals surface area contributed by atoms with Crippen molar-refractivity contribution in [3.8, 4) is 0 Å². The molecule has 38 heavy (non-hydrogen) atoms. The number of hydrogen-bond acceptors (Lipinski definition) is 2. The summed E-state index contributed by atoms with van der Waals surface area (Å²) in [6, 6.07) is 31.1. The van der Waals surface area contributed by atoms with Crippen LogP contribution in [0.25, 0.3) is 54.4 Å². The minimum absolute atomic E-state index is 0.0406. The summed E-state index contributed by atoms with van der Waals surface area (Å²) in [5.74, 6) is -0.497. The van der Waals surface area contributed by atoms with Gasteiger partial charge in [-0.25, -0.2) is 0 Å². The first-order valence-electron chi connectivity index (χ1n) is 12.9. The molecule has 7 aromatic rings. The van der Waals surface area contributed by atoms with E-state index in [0.29, 0.717) is 11.1 Å². The largest absolute Gasteiger partial charge is 0.353 e. The molecule has 0 fully saturated rings. The highest BCUT2D eigenvalue weighted by Gasteiger charge is 2.40. The van der Waals surface area contributed by atoms with Crippen molar-refractivity contribution in [2.24, 2.45) is 0 Å². The number of amides is 2. The number of imide groups is 1. The lowest BCUT2D eigenvalue weighted by molar-refractivity contribution is 0.0694. The molecule has 0 saturated heterocycles. The number of H-pyrrole nitrogens is 1. The predicted molar refractivity (Wildman–Crippen MR) is 153 cm³/mol. The monoisotopic (exact) mass is 493 g/mol. The van der Waals surface area contributed by atoms with Crippen LogP contribution in [-0.4, -0.2) is 33.3 Å². The van der Waals surface area contributed by atoms with Gasteiger partial charge in [0.2, 0.25) is 0 Å². The Balaban J connectivity index is 1.63. The molecule has 0 saturated carbocycles. The summed E-state index contributed by atoms with van der Waals surface area (Å²) in [5.41, 5.74) is 6.03. The van der Waals surface area contributed by atoms with E-state index in [1.165, 1.54) is 21.2 Å². The molecule has 3 heterocycles. The van der Waals surface area contributed by atoms with E-state index in [1.54, 1.807) is 7.05 Å².